The predicted octanol–water partition coefficient (Wildman–Crippen LogP) is 4.38. The molecule has 156 valence electrons. The van der Waals surface area contributed by atoms with Gasteiger partial charge in [0.05, 0.1) is 5.56 Å². The van der Waals surface area contributed by atoms with Crippen LogP contribution in [0.4, 0.5) is 18.9 Å². The van der Waals surface area contributed by atoms with Crippen LogP contribution in [-0.2, 0) is 17.4 Å². The maximum Gasteiger partial charge on any atom is 0.416 e. The van der Waals surface area contributed by atoms with Crippen molar-refractivity contribution in [2.75, 3.05) is 31.1 Å². The number of piperazine rings is 1. The van der Waals surface area contributed by atoms with Gasteiger partial charge in [-0.1, -0.05) is 31.2 Å². The van der Waals surface area contributed by atoms with Crippen molar-refractivity contribution in [1.29, 1.82) is 0 Å². The van der Waals surface area contributed by atoms with Crippen LogP contribution in [0.25, 0.3) is 0 Å². The molecule has 1 aliphatic heterocycles. The number of carbonyl (C=O) groups is 1. The summed E-state index contributed by atoms with van der Waals surface area (Å²) in [6.45, 7) is 5.60. The largest absolute Gasteiger partial charge is 0.481 e. The second-order valence-electron chi connectivity index (χ2n) is 7.08. The van der Waals surface area contributed by atoms with Crippen molar-refractivity contribution >= 4 is 11.6 Å². The molecule has 0 spiro atoms. The Balaban J connectivity index is 1.59. The van der Waals surface area contributed by atoms with Gasteiger partial charge in [0.2, 0.25) is 0 Å². The number of carbonyl (C=O) groups excluding carboxylic acids is 1. The van der Waals surface area contributed by atoms with E-state index < -0.39 is 17.8 Å². The summed E-state index contributed by atoms with van der Waals surface area (Å²) in [4.78, 5) is 16.3. The normalized spacial score (nSPS) is 15.9. The maximum absolute atomic E-state index is 12.9. The lowest BCUT2D eigenvalue weighted by atomic mass is 10.1. The van der Waals surface area contributed by atoms with Crippen LogP contribution in [0.3, 0.4) is 0 Å². The van der Waals surface area contributed by atoms with Crippen LogP contribution >= 0.6 is 0 Å². The van der Waals surface area contributed by atoms with E-state index in [9.17, 15) is 18.0 Å². The summed E-state index contributed by atoms with van der Waals surface area (Å²) >= 11 is 0. The highest BCUT2D eigenvalue weighted by atomic mass is 19.4. The third-order valence-corrected chi connectivity index (χ3v) is 5.13. The molecule has 1 aliphatic rings. The molecule has 1 amide bonds. The molecule has 1 fully saturated rings. The van der Waals surface area contributed by atoms with Crippen molar-refractivity contribution in [2.45, 2.75) is 32.5 Å². The molecular weight excluding hydrogens is 381 g/mol. The van der Waals surface area contributed by atoms with E-state index >= 15 is 0 Å². The van der Waals surface area contributed by atoms with Gasteiger partial charge in [-0.3, -0.25) is 4.79 Å². The fourth-order valence-electron chi connectivity index (χ4n) is 3.47. The Hall–Kier alpha value is -2.70. The second-order valence-corrected chi connectivity index (χ2v) is 7.08. The zero-order valence-electron chi connectivity index (χ0n) is 16.6. The molecule has 0 unspecified atom stereocenters. The molecule has 0 saturated carbocycles. The smallest absolute Gasteiger partial charge is 0.416 e. The van der Waals surface area contributed by atoms with Crippen molar-refractivity contribution in [3.8, 4) is 5.75 Å². The molecule has 29 heavy (non-hydrogen) atoms. The van der Waals surface area contributed by atoms with Crippen LogP contribution in [0.5, 0.6) is 5.75 Å². The van der Waals surface area contributed by atoms with Crippen molar-refractivity contribution in [3.63, 3.8) is 0 Å². The summed E-state index contributed by atoms with van der Waals surface area (Å²) in [6.07, 6.45) is -4.18. The molecule has 0 N–H and O–H groups in total. The van der Waals surface area contributed by atoms with Gasteiger partial charge in [-0.05, 0) is 43.2 Å². The van der Waals surface area contributed by atoms with E-state index in [1.54, 1.807) is 17.9 Å². The lowest BCUT2D eigenvalue weighted by Gasteiger charge is -2.37. The number of para-hydroxylation sites is 1. The molecule has 4 nitrogen and oxygen atoms in total. The van der Waals surface area contributed by atoms with Crippen molar-refractivity contribution in [1.82, 2.24) is 4.90 Å². The second kappa shape index (κ2) is 8.76. The van der Waals surface area contributed by atoms with E-state index in [2.05, 4.69) is 0 Å². The lowest BCUT2D eigenvalue weighted by Crippen LogP contribution is -2.52. The molecule has 0 aromatic heterocycles. The number of anilines is 1. The first-order valence-corrected chi connectivity index (χ1v) is 9.75. The van der Waals surface area contributed by atoms with Crippen molar-refractivity contribution in [3.05, 3.63) is 59.7 Å². The highest BCUT2D eigenvalue weighted by Crippen LogP contribution is 2.32. The van der Waals surface area contributed by atoms with Crippen LogP contribution in [0.1, 0.15) is 25.0 Å². The van der Waals surface area contributed by atoms with Crippen LogP contribution in [0.15, 0.2) is 48.5 Å². The molecule has 1 heterocycles. The number of amides is 1. The summed E-state index contributed by atoms with van der Waals surface area (Å²) in [7, 11) is 0. The number of hydrogen-bond acceptors (Lipinski definition) is 3. The molecule has 0 radical (unpaired) electrons. The minimum Gasteiger partial charge on any atom is -0.481 e. The standard InChI is InChI=1S/C22H25F3N2O2/c1-3-17-7-4-5-10-20(17)29-16(2)21(28)27-13-11-26(12-14-27)19-9-6-8-18(15-19)22(23,24)25/h4-10,15-16H,3,11-14H2,1-2H3/t16-/m0/s1. The minimum atomic E-state index is -4.37. The molecule has 7 heteroatoms. The third-order valence-electron chi connectivity index (χ3n) is 5.13. The summed E-state index contributed by atoms with van der Waals surface area (Å²) < 4.78 is 44.7. The zero-order chi connectivity index (χ0) is 21.0. The van der Waals surface area contributed by atoms with E-state index in [1.165, 1.54) is 6.07 Å². The highest BCUT2D eigenvalue weighted by molar-refractivity contribution is 5.81. The Bertz CT molecular complexity index is 846. The van der Waals surface area contributed by atoms with Crippen LogP contribution in [0, 0.1) is 0 Å². The van der Waals surface area contributed by atoms with Gasteiger partial charge in [-0.25, -0.2) is 0 Å². The number of aryl methyl sites for hydroxylation is 1. The molecule has 1 atom stereocenters. The average Bonchev–Trinajstić information content (AvgIpc) is 2.73. The van der Waals surface area contributed by atoms with Crippen molar-refractivity contribution < 1.29 is 22.7 Å². The van der Waals surface area contributed by atoms with Gasteiger partial charge in [0.25, 0.3) is 5.91 Å². The number of rotatable bonds is 5. The lowest BCUT2D eigenvalue weighted by molar-refractivity contribution is -0.138. The number of ether oxygens (including phenoxy) is 1. The quantitative estimate of drug-likeness (QED) is 0.739. The minimum absolute atomic E-state index is 0.111. The van der Waals surface area contributed by atoms with Crippen molar-refractivity contribution in [2.24, 2.45) is 0 Å². The van der Waals surface area contributed by atoms with Gasteiger partial charge in [0.1, 0.15) is 5.75 Å². The van der Waals surface area contributed by atoms with Gasteiger partial charge < -0.3 is 14.5 Å². The highest BCUT2D eigenvalue weighted by Gasteiger charge is 2.31. The molecule has 2 aromatic rings. The van der Waals surface area contributed by atoms with Gasteiger partial charge >= 0.3 is 6.18 Å². The van der Waals surface area contributed by atoms with Gasteiger partial charge in [0, 0.05) is 31.9 Å². The van der Waals surface area contributed by atoms with E-state index in [0.717, 1.165) is 24.1 Å². The number of halogens is 3. The summed E-state index contributed by atoms with van der Waals surface area (Å²) in [5, 5.41) is 0. The van der Waals surface area contributed by atoms with Crippen LogP contribution < -0.4 is 9.64 Å². The molecule has 0 bridgehead atoms. The predicted molar refractivity (Wildman–Crippen MR) is 106 cm³/mol. The van der Waals surface area contributed by atoms with E-state index in [1.807, 2.05) is 36.1 Å². The van der Waals surface area contributed by atoms with Gasteiger partial charge in [-0.2, -0.15) is 13.2 Å². The summed E-state index contributed by atoms with van der Waals surface area (Å²) in [6, 6.07) is 12.9. The molecule has 1 saturated heterocycles. The maximum atomic E-state index is 12.9. The van der Waals surface area contributed by atoms with E-state index in [4.69, 9.17) is 4.74 Å². The average molecular weight is 406 g/mol. The van der Waals surface area contributed by atoms with Gasteiger partial charge in [-0.15, -0.1) is 0 Å². The first-order chi connectivity index (χ1) is 13.8. The topological polar surface area (TPSA) is 32.8 Å². The fraction of sp³-hybridized carbons (Fsp3) is 0.409. The molecule has 3 rings (SSSR count). The van der Waals surface area contributed by atoms with Crippen LogP contribution in [0.2, 0.25) is 0 Å². The summed E-state index contributed by atoms with van der Waals surface area (Å²) in [5.74, 6) is 0.595. The Morgan fingerprint density at radius 3 is 2.41 bits per heavy atom. The number of benzene rings is 2. The monoisotopic (exact) mass is 406 g/mol. The number of nitrogens with zero attached hydrogens (tertiary/aromatic N) is 2. The zero-order valence-corrected chi connectivity index (χ0v) is 16.6. The molecule has 2 aromatic carbocycles. The molecular formula is C22H25F3N2O2. The number of hydrogen-bond donors (Lipinski definition) is 0. The SMILES string of the molecule is CCc1ccccc1O[C@@H](C)C(=O)N1CCN(c2cccc(C(F)(F)F)c2)CC1. The summed E-state index contributed by atoms with van der Waals surface area (Å²) in [5.41, 5.74) is 0.903. The third kappa shape index (κ3) is 5.02. The first-order valence-electron chi connectivity index (χ1n) is 9.75. The number of alkyl halides is 3. The Morgan fingerprint density at radius 1 is 1.07 bits per heavy atom. The fourth-order valence-corrected chi connectivity index (χ4v) is 3.47. The van der Waals surface area contributed by atoms with Gasteiger partial charge in [0.15, 0.2) is 6.10 Å². The van der Waals surface area contributed by atoms with E-state index in [-0.39, 0.29) is 5.91 Å². The Labute approximate surface area is 168 Å². The van der Waals surface area contributed by atoms with Crippen LogP contribution in [-0.4, -0.2) is 43.1 Å². The van der Waals surface area contributed by atoms with E-state index in [0.29, 0.717) is 37.6 Å². The Morgan fingerprint density at radius 2 is 1.76 bits per heavy atom. The molecule has 0 aliphatic carbocycles. The first kappa shape index (κ1) is 21.0. The Kier molecular flexibility index (Phi) is 6.35.